The molecule has 3 rings (SSSR count). The van der Waals surface area contributed by atoms with Crippen LogP contribution in [0, 0.1) is 0 Å². The van der Waals surface area contributed by atoms with Gasteiger partial charge in [-0.05, 0) is 23.6 Å². The van der Waals surface area contributed by atoms with E-state index >= 15 is 0 Å². The van der Waals surface area contributed by atoms with Crippen LogP contribution < -0.4 is 10.5 Å². The van der Waals surface area contributed by atoms with Gasteiger partial charge in [-0.1, -0.05) is 24.3 Å². The Bertz CT molecular complexity index is 823. The molecule has 0 radical (unpaired) electrons. The van der Waals surface area contributed by atoms with Crippen LogP contribution in [-0.4, -0.2) is 17.9 Å². The first-order valence-corrected chi connectivity index (χ1v) is 6.52. The second-order valence-electron chi connectivity index (χ2n) is 4.65. The maximum Gasteiger partial charge on any atom is 0.195 e. The zero-order chi connectivity index (χ0) is 14.8. The minimum absolute atomic E-state index is 0.134. The summed E-state index contributed by atoms with van der Waals surface area (Å²) in [6.07, 6.45) is 3.40. The fourth-order valence-corrected chi connectivity index (χ4v) is 2.38. The fourth-order valence-electron chi connectivity index (χ4n) is 2.38. The molecule has 0 atom stereocenters. The smallest absolute Gasteiger partial charge is 0.195 e. The van der Waals surface area contributed by atoms with E-state index in [1.165, 1.54) is 7.11 Å². The summed E-state index contributed by atoms with van der Waals surface area (Å²) in [5.74, 6) is 0.365. The minimum atomic E-state index is -0.134. The molecule has 1 aromatic heterocycles. The van der Waals surface area contributed by atoms with Crippen LogP contribution in [0.2, 0.25) is 0 Å². The van der Waals surface area contributed by atoms with Crippen LogP contribution in [0.15, 0.2) is 54.9 Å². The van der Waals surface area contributed by atoms with E-state index < -0.39 is 0 Å². The van der Waals surface area contributed by atoms with Gasteiger partial charge in [0.05, 0.1) is 12.8 Å². The number of hydrogen-bond donors (Lipinski definition) is 1. The van der Waals surface area contributed by atoms with Gasteiger partial charge in [0, 0.05) is 28.9 Å². The number of aromatic nitrogens is 1. The number of rotatable bonds is 3. The van der Waals surface area contributed by atoms with Gasteiger partial charge in [-0.15, -0.1) is 0 Å². The number of carbonyl (C=O) groups excluding carboxylic acids is 1. The van der Waals surface area contributed by atoms with Crippen molar-refractivity contribution in [2.24, 2.45) is 0 Å². The molecule has 0 saturated carbocycles. The third kappa shape index (κ3) is 2.21. The lowest BCUT2D eigenvalue weighted by Gasteiger charge is -2.10. The standard InChI is InChI=1S/C17H14N2O2/c1-21-15-7-3-6-13(16(15)18)17(20)12-5-2-4-11-8-9-19-10-14(11)12/h2-10H,18H2,1H3. The van der Waals surface area contributed by atoms with Crippen LogP contribution in [0.4, 0.5) is 5.69 Å². The average molecular weight is 278 g/mol. The summed E-state index contributed by atoms with van der Waals surface area (Å²) in [5, 5.41) is 1.78. The second-order valence-corrected chi connectivity index (χ2v) is 4.65. The minimum Gasteiger partial charge on any atom is -0.495 e. The number of anilines is 1. The van der Waals surface area contributed by atoms with Gasteiger partial charge in [0.15, 0.2) is 5.78 Å². The number of benzene rings is 2. The molecule has 0 fully saturated rings. The van der Waals surface area contributed by atoms with E-state index in [0.717, 1.165) is 10.8 Å². The summed E-state index contributed by atoms with van der Waals surface area (Å²) in [4.78, 5) is 16.9. The predicted molar refractivity (Wildman–Crippen MR) is 82.6 cm³/mol. The number of methoxy groups -OCH3 is 1. The van der Waals surface area contributed by atoms with Gasteiger partial charge in [0.2, 0.25) is 0 Å². The van der Waals surface area contributed by atoms with Gasteiger partial charge in [0.25, 0.3) is 0 Å². The number of hydrogen-bond acceptors (Lipinski definition) is 4. The van der Waals surface area contributed by atoms with Crippen molar-refractivity contribution in [1.29, 1.82) is 0 Å². The molecule has 0 aliphatic rings. The molecule has 1 heterocycles. The molecule has 21 heavy (non-hydrogen) atoms. The molecule has 0 spiro atoms. The maximum absolute atomic E-state index is 12.8. The van der Waals surface area contributed by atoms with Crippen molar-refractivity contribution in [3.8, 4) is 5.75 Å². The number of ether oxygens (including phenoxy) is 1. The molecule has 4 nitrogen and oxygen atoms in total. The zero-order valence-electron chi connectivity index (χ0n) is 11.5. The van der Waals surface area contributed by atoms with Gasteiger partial charge in [0.1, 0.15) is 5.75 Å². The van der Waals surface area contributed by atoms with Crippen LogP contribution in [0.5, 0.6) is 5.75 Å². The summed E-state index contributed by atoms with van der Waals surface area (Å²) in [5.41, 5.74) is 7.39. The van der Waals surface area contributed by atoms with Crippen LogP contribution in [0.25, 0.3) is 10.8 Å². The SMILES string of the molecule is COc1cccc(C(=O)c2cccc3ccncc23)c1N. The molecule has 0 amide bonds. The third-order valence-electron chi connectivity index (χ3n) is 3.46. The van der Waals surface area contributed by atoms with E-state index in [-0.39, 0.29) is 5.78 Å². The summed E-state index contributed by atoms with van der Waals surface area (Å²) in [6, 6.07) is 12.7. The predicted octanol–water partition coefficient (Wildman–Crippen LogP) is 3.06. The lowest BCUT2D eigenvalue weighted by Crippen LogP contribution is -2.07. The van der Waals surface area contributed by atoms with Gasteiger partial charge in [-0.25, -0.2) is 0 Å². The number of nitrogen functional groups attached to an aromatic ring is 1. The number of pyridine rings is 1. The summed E-state index contributed by atoms with van der Waals surface area (Å²) in [7, 11) is 1.53. The van der Waals surface area contributed by atoms with E-state index in [0.29, 0.717) is 22.6 Å². The van der Waals surface area contributed by atoms with Crippen molar-refractivity contribution < 1.29 is 9.53 Å². The maximum atomic E-state index is 12.8. The first kappa shape index (κ1) is 13.1. The summed E-state index contributed by atoms with van der Waals surface area (Å²) < 4.78 is 5.17. The molecule has 0 unspecified atom stereocenters. The Morgan fingerprint density at radius 3 is 2.67 bits per heavy atom. The first-order valence-electron chi connectivity index (χ1n) is 6.52. The highest BCUT2D eigenvalue weighted by Crippen LogP contribution is 2.28. The molecular formula is C17H14N2O2. The van der Waals surface area contributed by atoms with Crippen LogP contribution in [0.3, 0.4) is 0 Å². The number of carbonyl (C=O) groups is 1. The van der Waals surface area contributed by atoms with Gasteiger partial charge < -0.3 is 10.5 Å². The lowest BCUT2D eigenvalue weighted by molar-refractivity contribution is 0.104. The Balaban J connectivity index is 2.18. The van der Waals surface area contributed by atoms with Gasteiger partial charge >= 0.3 is 0 Å². The number of para-hydroxylation sites is 1. The molecular weight excluding hydrogens is 264 g/mol. The van der Waals surface area contributed by atoms with Crippen molar-refractivity contribution in [2.45, 2.75) is 0 Å². The van der Waals surface area contributed by atoms with Crippen LogP contribution in [0.1, 0.15) is 15.9 Å². The molecule has 2 N–H and O–H groups in total. The molecule has 0 aliphatic heterocycles. The van der Waals surface area contributed by atoms with Crippen LogP contribution in [-0.2, 0) is 0 Å². The molecule has 4 heteroatoms. The summed E-state index contributed by atoms with van der Waals surface area (Å²) >= 11 is 0. The number of ketones is 1. The second kappa shape index (κ2) is 5.25. The number of nitrogens with two attached hydrogens (primary N) is 1. The van der Waals surface area contributed by atoms with E-state index in [9.17, 15) is 4.79 Å². The Morgan fingerprint density at radius 1 is 1.10 bits per heavy atom. The van der Waals surface area contributed by atoms with E-state index in [1.807, 2.05) is 18.2 Å². The molecule has 3 aromatic rings. The Morgan fingerprint density at radius 2 is 1.86 bits per heavy atom. The monoisotopic (exact) mass is 278 g/mol. The Kier molecular flexibility index (Phi) is 3.28. The Hall–Kier alpha value is -2.88. The third-order valence-corrected chi connectivity index (χ3v) is 3.46. The van der Waals surface area contributed by atoms with Crippen molar-refractivity contribution in [2.75, 3.05) is 12.8 Å². The van der Waals surface area contributed by atoms with Gasteiger partial charge in [-0.3, -0.25) is 9.78 Å². The molecule has 104 valence electrons. The van der Waals surface area contributed by atoms with Crippen molar-refractivity contribution in [3.63, 3.8) is 0 Å². The quantitative estimate of drug-likeness (QED) is 0.590. The molecule has 0 saturated heterocycles. The van der Waals surface area contributed by atoms with E-state index in [2.05, 4.69) is 4.98 Å². The highest BCUT2D eigenvalue weighted by molar-refractivity contribution is 6.18. The topological polar surface area (TPSA) is 65.2 Å². The molecule has 0 bridgehead atoms. The Labute approximate surface area is 122 Å². The largest absolute Gasteiger partial charge is 0.495 e. The number of fused-ring (bicyclic) bond motifs is 1. The summed E-state index contributed by atoms with van der Waals surface area (Å²) in [6.45, 7) is 0. The van der Waals surface area contributed by atoms with Crippen molar-refractivity contribution in [1.82, 2.24) is 4.98 Å². The van der Waals surface area contributed by atoms with E-state index in [4.69, 9.17) is 10.5 Å². The zero-order valence-corrected chi connectivity index (χ0v) is 11.5. The van der Waals surface area contributed by atoms with Crippen molar-refractivity contribution >= 4 is 22.2 Å². The molecule has 2 aromatic carbocycles. The van der Waals surface area contributed by atoms with Crippen molar-refractivity contribution in [3.05, 3.63) is 66.0 Å². The van der Waals surface area contributed by atoms with E-state index in [1.54, 1.807) is 36.7 Å². The molecule has 0 aliphatic carbocycles. The first-order chi connectivity index (χ1) is 10.2. The fraction of sp³-hybridized carbons (Fsp3) is 0.0588. The highest BCUT2D eigenvalue weighted by atomic mass is 16.5. The lowest BCUT2D eigenvalue weighted by atomic mass is 9.97. The van der Waals surface area contributed by atoms with Crippen LogP contribution >= 0.6 is 0 Å². The highest BCUT2D eigenvalue weighted by Gasteiger charge is 2.17. The normalized spacial score (nSPS) is 10.5. The average Bonchev–Trinajstić information content (AvgIpc) is 2.54. The number of nitrogens with zero attached hydrogens (tertiary/aromatic N) is 1. The van der Waals surface area contributed by atoms with Gasteiger partial charge in [-0.2, -0.15) is 0 Å².